The highest BCUT2D eigenvalue weighted by molar-refractivity contribution is 5.94. The van der Waals surface area contributed by atoms with E-state index in [0.717, 1.165) is 25.7 Å². The summed E-state index contributed by atoms with van der Waals surface area (Å²) < 4.78 is 11.2. The monoisotopic (exact) mass is 364 g/mol. The van der Waals surface area contributed by atoms with Crippen LogP contribution in [0.2, 0.25) is 0 Å². The molecular formula is C21H32O5. The summed E-state index contributed by atoms with van der Waals surface area (Å²) in [6.45, 7) is 8.23. The van der Waals surface area contributed by atoms with Gasteiger partial charge in [0.05, 0.1) is 18.1 Å². The van der Waals surface area contributed by atoms with Gasteiger partial charge >= 0.3 is 5.97 Å². The Balaban J connectivity index is 1.75. The van der Waals surface area contributed by atoms with Crippen LogP contribution in [-0.4, -0.2) is 41.3 Å². The smallest absolute Gasteiger partial charge is 0.311 e. The number of methoxy groups -OCH3 is 1. The summed E-state index contributed by atoms with van der Waals surface area (Å²) in [4.78, 5) is 25.9. The molecule has 0 bridgehead atoms. The fourth-order valence-corrected chi connectivity index (χ4v) is 7.05. The Morgan fingerprint density at radius 1 is 1.23 bits per heavy atom. The van der Waals surface area contributed by atoms with Crippen LogP contribution >= 0.6 is 0 Å². The largest absolute Gasteiger partial charge is 0.469 e. The van der Waals surface area contributed by atoms with Crippen LogP contribution in [0.5, 0.6) is 0 Å². The number of esters is 1. The Morgan fingerprint density at radius 3 is 2.54 bits per heavy atom. The molecule has 0 aromatic heterocycles. The molecule has 4 aliphatic rings. The Labute approximate surface area is 155 Å². The van der Waals surface area contributed by atoms with Crippen LogP contribution in [0.15, 0.2) is 0 Å². The van der Waals surface area contributed by atoms with E-state index in [4.69, 9.17) is 9.47 Å². The molecule has 26 heavy (non-hydrogen) atoms. The number of fused-ring (bicyclic) bond motifs is 2. The van der Waals surface area contributed by atoms with Crippen LogP contribution in [-0.2, 0) is 19.1 Å². The average molecular weight is 364 g/mol. The molecule has 0 unspecified atom stereocenters. The van der Waals surface area contributed by atoms with Crippen molar-refractivity contribution in [3.8, 4) is 0 Å². The molecule has 5 nitrogen and oxygen atoms in total. The Bertz CT molecular complexity index is 659. The third-order valence-electron chi connectivity index (χ3n) is 8.70. The lowest BCUT2D eigenvalue weighted by Gasteiger charge is -2.59. The number of hydrogen-bond acceptors (Lipinski definition) is 5. The average Bonchev–Trinajstić information content (AvgIpc) is 3.34. The fourth-order valence-electron chi connectivity index (χ4n) is 7.05. The molecule has 1 aliphatic heterocycles. The number of Topliss-reactive ketones (excluding diaryl/α,β-unsaturated/α-hetero) is 1. The second kappa shape index (κ2) is 5.32. The molecule has 1 N–H and O–H groups in total. The van der Waals surface area contributed by atoms with E-state index in [1.165, 1.54) is 7.11 Å². The molecule has 0 aromatic carbocycles. The van der Waals surface area contributed by atoms with Gasteiger partial charge in [0, 0.05) is 12.3 Å². The third-order valence-corrected chi connectivity index (χ3v) is 8.70. The molecule has 1 heterocycles. The lowest BCUT2D eigenvalue weighted by Crippen LogP contribution is -2.64. The zero-order valence-electron chi connectivity index (χ0n) is 16.6. The van der Waals surface area contributed by atoms with E-state index in [2.05, 4.69) is 6.92 Å². The lowest BCUT2D eigenvalue weighted by molar-refractivity contribution is -0.180. The number of aliphatic hydroxyl groups is 1. The topological polar surface area (TPSA) is 76.1 Å². The van der Waals surface area contributed by atoms with Crippen molar-refractivity contribution < 1.29 is 24.2 Å². The molecule has 4 fully saturated rings. The van der Waals surface area contributed by atoms with Gasteiger partial charge in [-0.2, -0.15) is 0 Å². The van der Waals surface area contributed by atoms with Crippen LogP contribution in [0.1, 0.15) is 66.2 Å². The minimum absolute atomic E-state index is 0.0191. The second-order valence-corrected chi connectivity index (χ2v) is 9.98. The minimum atomic E-state index is -0.921. The number of carbonyl (C=O) groups excluding carboxylic acids is 2. The minimum Gasteiger partial charge on any atom is -0.469 e. The van der Waals surface area contributed by atoms with Gasteiger partial charge in [-0.05, 0) is 49.9 Å². The molecule has 1 spiro atoms. The maximum Gasteiger partial charge on any atom is 0.311 e. The predicted octanol–water partition coefficient (Wildman–Crippen LogP) is 2.88. The molecule has 1 saturated heterocycles. The molecule has 4 rings (SSSR count). The number of carbonyl (C=O) groups is 2. The third kappa shape index (κ3) is 1.94. The van der Waals surface area contributed by atoms with Crippen molar-refractivity contribution in [2.24, 2.45) is 28.6 Å². The maximum absolute atomic E-state index is 13.3. The van der Waals surface area contributed by atoms with Gasteiger partial charge < -0.3 is 14.6 Å². The van der Waals surface area contributed by atoms with E-state index >= 15 is 0 Å². The van der Waals surface area contributed by atoms with Crippen molar-refractivity contribution in [3.05, 3.63) is 0 Å². The SMILES string of the molecule is COC(=O)[C@]1(C)CCC[C@]2(C)[C@H]3CC[C@@](O)(C(C)C)[C@@H]4O[C@]34C(=O)C[C@H]21. The number of epoxide rings is 1. The standard InChI is InChI=1S/C21H32O5/c1-12(2)20(24)10-7-13-18(3)8-6-9-19(4,17(23)25-5)14(18)11-15(22)21(13)16(20)26-21/h12-14,16,24H,6-11H2,1-5H3/t13-,14-,16+,18-,19-,20-,21+/m1/s1. The fraction of sp³-hybridized carbons (Fsp3) is 0.905. The molecule has 3 aliphatic carbocycles. The summed E-state index contributed by atoms with van der Waals surface area (Å²) in [5.41, 5.74) is -2.50. The number of ether oxygens (including phenoxy) is 2. The van der Waals surface area contributed by atoms with Gasteiger partial charge in [0.15, 0.2) is 11.4 Å². The van der Waals surface area contributed by atoms with E-state index in [1.807, 2.05) is 20.8 Å². The van der Waals surface area contributed by atoms with E-state index < -0.39 is 16.6 Å². The Hall–Kier alpha value is -0.940. The zero-order chi connectivity index (χ0) is 19.1. The van der Waals surface area contributed by atoms with Gasteiger partial charge in [-0.3, -0.25) is 9.59 Å². The number of rotatable bonds is 2. The number of hydrogen-bond donors (Lipinski definition) is 1. The quantitative estimate of drug-likeness (QED) is 0.602. The first kappa shape index (κ1) is 18.4. The number of ketones is 1. The van der Waals surface area contributed by atoms with Gasteiger partial charge in [0.1, 0.15) is 6.10 Å². The second-order valence-electron chi connectivity index (χ2n) is 9.98. The van der Waals surface area contributed by atoms with Crippen molar-refractivity contribution in [3.63, 3.8) is 0 Å². The molecule has 3 saturated carbocycles. The summed E-state index contributed by atoms with van der Waals surface area (Å²) in [6, 6.07) is 0. The van der Waals surface area contributed by atoms with Gasteiger partial charge in [-0.1, -0.05) is 27.2 Å². The first-order valence-electron chi connectivity index (χ1n) is 10.1. The highest BCUT2D eigenvalue weighted by Gasteiger charge is 2.81. The predicted molar refractivity (Wildman–Crippen MR) is 95.3 cm³/mol. The summed E-state index contributed by atoms with van der Waals surface area (Å²) in [7, 11) is 1.44. The Kier molecular flexibility index (Phi) is 3.77. The van der Waals surface area contributed by atoms with Crippen molar-refractivity contribution in [2.75, 3.05) is 7.11 Å². The normalized spacial score (nSPS) is 52.7. The van der Waals surface area contributed by atoms with Gasteiger partial charge in [-0.25, -0.2) is 0 Å². The highest BCUT2D eigenvalue weighted by atomic mass is 16.6. The summed E-state index contributed by atoms with van der Waals surface area (Å²) in [5, 5.41) is 11.2. The van der Waals surface area contributed by atoms with Crippen molar-refractivity contribution in [1.29, 1.82) is 0 Å². The highest BCUT2D eigenvalue weighted by Crippen LogP contribution is 2.71. The van der Waals surface area contributed by atoms with E-state index in [1.54, 1.807) is 0 Å². The van der Waals surface area contributed by atoms with Gasteiger partial charge in [0.25, 0.3) is 0 Å². The van der Waals surface area contributed by atoms with Crippen LogP contribution in [0.3, 0.4) is 0 Å². The molecule has 7 atom stereocenters. The van der Waals surface area contributed by atoms with Crippen LogP contribution in [0.25, 0.3) is 0 Å². The first-order valence-corrected chi connectivity index (χ1v) is 10.1. The van der Waals surface area contributed by atoms with E-state index in [0.29, 0.717) is 12.8 Å². The molecular weight excluding hydrogens is 332 g/mol. The molecule has 146 valence electrons. The van der Waals surface area contributed by atoms with Crippen molar-refractivity contribution in [1.82, 2.24) is 0 Å². The molecule has 0 radical (unpaired) electrons. The van der Waals surface area contributed by atoms with E-state index in [-0.39, 0.29) is 41.0 Å². The zero-order valence-corrected chi connectivity index (χ0v) is 16.6. The summed E-state index contributed by atoms with van der Waals surface area (Å²) in [5.74, 6) is 0.00697. The molecule has 0 amide bonds. The maximum atomic E-state index is 13.3. The van der Waals surface area contributed by atoms with E-state index in [9.17, 15) is 14.7 Å². The van der Waals surface area contributed by atoms with Crippen molar-refractivity contribution in [2.45, 2.75) is 83.5 Å². The van der Waals surface area contributed by atoms with Crippen molar-refractivity contribution >= 4 is 11.8 Å². The lowest BCUT2D eigenvalue weighted by atomic mass is 9.43. The summed E-state index contributed by atoms with van der Waals surface area (Å²) >= 11 is 0. The first-order chi connectivity index (χ1) is 12.1. The van der Waals surface area contributed by atoms with Gasteiger partial charge in [0.2, 0.25) is 0 Å². The van der Waals surface area contributed by atoms with Crippen LogP contribution in [0.4, 0.5) is 0 Å². The van der Waals surface area contributed by atoms with Gasteiger partial charge in [-0.15, -0.1) is 0 Å². The van der Waals surface area contributed by atoms with Crippen LogP contribution in [0, 0.1) is 28.6 Å². The molecule has 0 aromatic rings. The molecule has 5 heteroatoms. The summed E-state index contributed by atoms with van der Waals surface area (Å²) in [6.07, 6.45) is 4.13. The Morgan fingerprint density at radius 2 is 1.92 bits per heavy atom. The van der Waals surface area contributed by atoms with Crippen LogP contribution < -0.4 is 0 Å².